The molecule has 0 radical (unpaired) electrons. The molecular weight excluding hydrogens is 380 g/mol. The molecule has 0 atom stereocenters. The predicted molar refractivity (Wildman–Crippen MR) is 121 cm³/mol. The lowest BCUT2D eigenvalue weighted by Crippen LogP contribution is -2.16. The molecule has 0 spiro atoms. The molecule has 2 aromatic carbocycles. The normalized spacial score (nSPS) is 12.5. The molecule has 2 aromatic heterocycles. The van der Waals surface area contributed by atoms with Crippen LogP contribution in [0.4, 0.5) is 11.5 Å². The highest BCUT2D eigenvalue weighted by Gasteiger charge is 2.24. The van der Waals surface area contributed by atoms with Gasteiger partial charge in [-0.1, -0.05) is 37.1 Å². The number of hydrogen-bond donors (Lipinski definition) is 0. The molecule has 4 aromatic rings. The van der Waals surface area contributed by atoms with Crippen LogP contribution >= 0.6 is 11.6 Å². The number of nitrogens with zero attached hydrogens (tertiary/aromatic N) is 4. The quantitative estimate of drug-likeness (QED) is 0.390. The van der Waals surface area contributed by atoms with Crippen LogP contribution in [0.15, 0.2) is 60.9 Å². The van der Waals surface area contributed by atoms with Crippen molar-refractivity contribution >= 4 is 34.0 Å². The molecular formula is C24H23ClN4. The monoisotopic (exact) mass is 402 g/mol. The average Bonchev–Trinajstić information content (AvgIpc) is 3.18. The van der Waals surface area contributed by atoms with Crippen LogP contribution in [0.25, 0.3) is 22.3 Å². The molecule has 5 rings (SSSR count). The molecule has 0 aliphatic carbocycles. The average molecular weight is 403 g/mol. The summed E-state index contributed by atoms with van der Waals surface area (Å²) in [6.45, 7) is 6.97. The topological polar surface area (TPSA) is 41.9 Å². The van der Waals surface area contributed by atoms with Crippen LogP contribution in [0.3, 0.4) is 0 Å². The zero-order valence-corrected chi connectivity index (χ0v) is 17.6. The first-order chi connectivity index (χ1) is 14.2. The molecule has 29 heavy (non-hydrogen) atoms. The van der Waals surface area contributed by atoms with Gasteiger partial charge in [-0.25, -0.2) is 9.97 Å². The van der Waals surface area contributed by atoms with Gasteiger partial charge in [-0.2, -0.15) is 0 Å². The third-order valence-electron chi connectivity index (χ3n) is 4.94. The first-order valence-corrected chi connectivity index (χ1v) is 10.3. The largest absolute Gasteiger partial charge is 0.325 e. The molecule has 0 saturated carbocycles. The Hall–Kier alpha value is -2.98. The Bertz CT molecular complexity index is 1160. The molecule has 0 unspecified atom stereocenters. The van der Waals surface area contributed by atoms with Crippen molar-refractivity contribution in [1.29, 1.82) is 0 Å². The standard InChI is InChI=1S/C22H17ClN4.C2H6/c1-14-4-6-19-18(11-14)22(26-21(25-19)16-3-2-9-24-13-16)27-10-8-15-12-17(23)5-7-20(15)27;1-2/h2-7,9,11-13H,8,10H2,1H3;1-2H3. The Balaban J connectivity index is 0.000000994. The van der Waals surface area contributed by atoms with Gasteiger partial charge >= 0.3 is 0 Å². The van der Waals surface area contributed by atoms with Crippen LogP contribution < -0.4 is 4.90 Å². The van der Waals surface area contributed by atoms with Gasteiger partial charge in [-0.3, -0.25) is 4.98 Å². The highest BCUT2D eigenvalue weighted by atomic mass is 35.5. The van der Waals surface area contributed by atoms with Crippen molar-refractivity contribution in [3.63, 3.8) is 0 Å². The van der Waals surface area contributed by atoms with Crippen molar-refractivity contribution in [2.75, 3.05) is 11.4 Å². The van der Waals surface area contributed by atoms with Crippen molar-refractivity contribution in [2.45, 2.75) is 27.2 Å². The van der Waals surface area contributed by atoms with Gasteiger partial charge in [0.15, 0.2) is 5.82 Å². The number of aromatic nitrogens is 3. The molecule has 1 aliphatic heterocycles. The maximum atomic E-state index is 6.19. The third-order valence-corrected chi connectivity index (χ3v) is 5.18. The van der Waals surface area contributed by atoms with Gasteiger partial charge < -0.3 is 4.90 Å². The molecule has 5 heteroatoms. The number of fused-ring (bicyclic) bond motifs is 2. The van der Waals surface area contributed by atoms with Gasteiger partial charge in [0.1, 0.15) is 5.82 Å². The van der Waals surface area contributed by atoms with E-state index in [1.165, 1.54) is 11.1 Å². The van der Waals surface area contributed by atoms with E-state index in [-0.39, 0.29) is 0 Å². The minimum Gasteiger partial charge on any atom is -0.325 e. The first kappa shape index (κ1) is 19.3. The molecule has 3 heterocycles. The second kappa shape index (κ2) is 8.18. The van der Waals surface area contributed by atoms with Crippen molar-refractivity contribution in [3.05, 3.63) is 77.1 Å². The van der Waals surface area contributed by atoms with Crippen LogP contribution in [-0.2, 0) is 6.42 Å². The van der Waals surface area contributed by atoms with Crippen LogP contribution in [0.5, 0.6) is 0 Å². The van der Waals surface area contributed by atoms with Crippen molar-refractivity contribution in [1.82, 2.24) is 15.0 Å². The van der Waals surface area contributed by atoms with E-state index in [2.05, 4.69) is 41.1 Å². The van der Waals surface area contributed by atoms with Gasteiger partial charge in [0.2, 0.25) is 0 Å². The number of aryl methyl sites for hydroxylation is 1. The van der Waals surface area contributed by atoms with E-state index >= 15 is 0 Å². The van der Waals surface area contributed by atoms with Crippen LogP contribution in [0, 0.1) is 6.92 Å². The number of benzene rings is 2. The fourth-order valence-corrected chi connectivity index (χ4v) is 3.84. The fourth-order valence-electron chi connectivity index (χ4n) is 3.65. The lowest BCUT2D eigenvalue weighted by molar-refractivity contribution is 0.976. The van der Waals surface area contributed by atoms with E-state index in [1.807, 2.05) is 38.1 Å². The summed E-state index contributed by atoms with van der Waals surface area (Å²) in [5.74, 6) is 1.63. The molecule has 0 bridgehead atoms. The SMILES string of the molecule is CC.Cc1ccc2nc(-c3cccnc3)nc(N3CCc4cc(Cl)ccc43)c2c1. The number of hydrogen-bond acceptors (Lipinski definition) is 4. The van der Waals surface area contributed by atoms with E-state index in [1.54, 1.807) is 12.4 Å². The minimum atomic E-state index is 0.692. The van der Waals surface area contributed by atoms with Gasteiger partial charge in [0.05, 0.1) is 5.52 Å². The van der Waals surface area contributed by atoms with E-state index in [4.69, 9.17) is 21.6 Å². The number of halogens is 1. The summed E-state index contributed by atoms with van der Waals surface area (Å²) in [5.41, 5.74) is 5.46. The Morgan fingerprint density at radius 2 is 1.86 bits per heavy atom. The van der Waals surface area contributed by atoms with Crippen molar-refractivity contribution in [3.8, 4) is 11.4 Å². The molecule has 1 aliphatic rings. The van der Waals surface area contributed by atoms with Crippen LogP contribution in [0.1, 0.15) is 25.0 Å². The second-order valence-corrected chi connectivity index (χ2v) is 7.24. The third kappa shape index (κ3) is 3.68. The van der Waals surface area contributed by atoms with Crippen molar-refractivity contribution < 1.29 is 0 Å². The van der Waals surface area contributed by atoms with Crippen molar-refractivity contribution in [2.24, 2.45) is 0 Å². The van der Waals surface area contributed by atoms with Crippen LogP contribution in [0.2, 0.25) is 5.02 Å². The lowest BCUT2D eigenvalue weighted by Gasteiger charge is -2.21. The number of rotatable bonds is 2. The Morgan fingerprint density at radius 3 is 2.66 bits per heavy atom. The first-order valence-electron chi connectivity index (χ1n) is 9.94. The highest BCUT2D eigenvalue weighted by Crippen LogP contribution is 2.38. The minimum absolute atomic E-state index is 0.692. The Kier molecular flexibility index (Phi) is 5.45. The zero-order chi connectivity index (χ0) is 20.4. The number of pyridine rings is 1. The maximum absolute atomic E-state index is 6.19. The molecule has 0 N–H and O–H groups in total. The summed E-state index contributed by atoms with van der Waals surface area (Å²) >= 11 is 6.19. The van der Waals surface area contributed by atoms with E-state index in [9.17, 15) is 0 Å². The summed E-state index contributed by atoms with van der Waals surface area (Å²) in [6, 6.07) is 16.3. The molecule has 146 valence electrons. The smallest absolute Gasteiger partial charge is 0.163 e. The number of anilines is 2. The summed E-state index contributed by atoms with van der Waals surface area (Å²) in [6.07, 6.45) is 4.52. The predicted octanol–water partition coefficient (Wildman–Crippen LogP) is 6.37. The van der Waals surface area contributed by atoms with Gasteiger partial charge in [-0.05, 0) is 61.4 Å². The van der Waals surface area contributed by atoms with E-state index < -0.39 is 0 Å². The van der Waals surface area contributed by atoms with Gasteiger partial charge in [0, 0.05) is 40.6 Å². The lowest BCUT2D eigenvalue weighted by atomic mass is 10.1. The fraction of sp³-hybridized carbons (Fsp3) is 0.208. The molecule has 0 fully saturated rings. The summed E-state index contributed by atoms with van der Waals surface area (Å²) in [7, 11) is 0. The molecule has 0 amide bonds. The van der Waals surface area contributed by atoms with Gasteiger partial charge in [0.25, 0.3) is 0 Å². The Morgan fingerprint density at radius 1 is 1.00 bits per heavy atom. The zero-order valence-electron chi connectivity index (χ0n) is 16.9. The summed E-state index contributed by atoms with van der Waals surface area (Å²) in [5, 5.41) is 1.83. The summed E-state index contributed by atoms with van der Waals surface area (Å²) in [4.78, 5) is 16.2. The highest BCUT2D eigenvalue weighted by molar-refractivity contribution is 6.30. The van der Waals surface area contributed by atoms with Crippen LogP contribution in [-0.4, -0.2) is 21.5 Å². The van der Waals surface area contributed by atoms with E-state index in [0.717, 1.165) is 46.0 Å². The van der Waals surface area contributed by atoms with Gasteiger partial charge in [-0.15, -0.1) is 0 Å². The molecule has 0 saturated heterocycles. The van der Waals surface area contributed by atoms with E-state index in [0.29, 0.717) is 5.82 Å². The summed E-state index contributed by atoms with van der Waals surface area (Å²) < 4.78 is 0. The molecule has 4 nitrogen and oxygen atoms in total. The second-order valence-electron chi connectivity index (χ2n) is 6.81. The Labute approximate surface area is 176 Å². The maximum Gasteiger partial charge on any atom is 0.163 e.